The van der Waals surface area contributed by atoms with Crippen LogP contribution in [-0.4, -0.2) is 35.9 Å². The van der Waals surface area contributed by atoms with Crippen molar-refractivity contribution in [3.8, 4) is 5.75 Å². The molecule has 0 radical (unpaired) electrons. The van der Waals surface area contributed by atoms with Gasteiger partial charge in [-0.25, -0.2) is 0 Å². The van der Waals surface area contributed by atoms with Crippen molar-refractivity contribution in [1.29, 1.82) is 0 Å². The number of rotatable bonds is 10. The standard InChI is InChI=1S/C25H34N2O3/c1-6-23(25(29)26-15-18(2)3)27(16-21-12-10-19(4)11-13-21)24(28)17-30-22-9-7-8-20(5)14-22/h7-14,18,23H,6,15-17H2,1-5H3,(H,26,29). The number of carbonyl (C=O) groups is 2. The van der Waals surface area contributed by atoms with Crippen LogP contribution in [0.4, 0.5) is 0 Å². The number of hydrogen-bond donors (Lipinski definition) is 1. The predicted molar refractivity (Wildman–Crippen MR) is 120 cm³/mol. The molecule has 30 heavy (non-hydrogen) atoms. The van der Waals surface area contributed by atoms with Gasteiger partial charge in [-0.05, 0) is 49.4 Å². The molecule has 0 bridgehead atoms. The molecule has 2 aromatic carbocycles. The molecule has 2 rings (SSSR count). The Morgan fingerprint density at radius 1 is 1.03 bits per heavy atom. The molecule has 1 unspecified atom stereocenters. The highest BCUT2D eigenvalue weighted by atomic mass is 16.5. The number of carbonyl (C=O) groups excluding carboxylic acids is 2. The Morgan fingerprint density at radius 3 is 2.33 bits per heavy atom. The van der Waals surface area contributed by atoms with E-state index in [2.05, 4.69) is 5.32 Å². The molecular weight excluding hydrogens is 376 g/mol. The first-order chi connectivity index (χ1) is 14.3. The van der Waals surface area contributed by atoms with Crippen LogP contribution in [-0.2, 0) is 16.1 Å². The normalized spacial score (nSPS) is 11.8. The Labute approximate surface area is 180 Å². The molecule has 2 aromatic rings. The summed E-state index contributed by atoms with van der Waals surface area (Å²) >= 11 is 0. The molecule has 5 heteroatoms. The highest BCUT2D eigenvalue weighted by molar-refractivity contribution is 5.88. The molecule has 0 saturated carbocycles. The van der Waals surface area contributed by atoms with Gasteiger partial charge in [-0.15, -0.1) is 0 Å². The second kappa shape index (κ2) is 11.4. The van der Waals surface area contributed by atoms with E-state index in [0.717, 1.165) is 16.7 Å². The minimum Gasteiger partial charge on any atom is -0.484 e. The number of amides is 2. The maximum absolute atomic E-state index is 13.1. The van der Waals surface area contributed by atoms with Gasteiger partial charge in [-0.3, -0.25) is 9.59 Å². The van der Waals surface area contributed by atoms with Gasteiger partial charge in [0.1, 0.15) is 11.8 Å². The molecule has 1 N–H and O–H groups in total. The second-order valence-corrected chi connectivity index (χ2v) is 8.18. The highest BCUT2D eigenvalue weighted by Crippen LogP contribution is 2.16. The lowest BCUT2D eigenvalue weighted by molar-refractivity contribution is -0.143. The fourth-order valence-corrected chi connectivity index (χ4v) is 3.17. The van der Waals surface area contributed by atoms with Gasteiger partial charge < -0.3 is 15.0 Å². The molecule has 0 saturated heterocycles. The molecule has 0 aliphatic carbocycles. The maximum Gasteiger partial charge on any atom is 0.261 e. The molecule has 1 atom stereocenters. The van der Waals surface area contributed by atoms with Crippen molar-refractivity contribution in [2.45, 2.75) is 53.6 Å². The molecule has 2 amide bonds. The summed E-state index contributed by atoms with van der Waals surface area (Å²) < 4.78 is 5.74. The molecule has 0 fully saturated rings. The molecule has 0 aliphatic heterocycles. The smallest absolute Gasteiger partial charge is 0.261 e. The van der Waals surface area contributed by atoms with Crippen molar-refractivity contribution in [3.63, 3.8) is 0 Å². The third-order valence-corrected chi connectivity index (χ3v) is 4.90. The molecular formula is C25H34N2O3. The van der Waals surface area contributed by atoms with Crippen molar-refractivity contribution < 1.29 is 14.3 Å². The number of nitrogens with one attached hydrogen (secondary N) is 1. The molecule has 162 valence electrons. The summed E-state index contributed by atoms with van der Waals surface area (Å²) in [5, 5.41) is 2.97. The van der Waals surface area contributed by atoms with Gasteiger partial charge in [0.15, 0.2) is 6.61 Å². The van der Waals surface area contributed by atoms with Crippen LogP contribution in [0.3, 0.4) is 0 Å². The third-order valence-electron chi connectivity index (χ3n) is 4.90. The average Bonchev–Trinajstić information content (AvgIpc) is 2.71. The minimum atomic E-state index is -0.543. The largest absolute Gasteiger partial charge is 0.484 e. The molecule has 5 nitrogen and oxygen atoms in total. The zero-order chi connectivity index (χ0) is 22.1. The van der Waals surface area contributed by atoms with Crippen molar-refractivity contribution in [2.24, 2.45) is 5.92 Å². The summed E-state index contributed by atoms with van der Waals surface area (Å²) in [6, 6.07) is 15.1. The Morgan fingerprint density at radius 2 is 1.73 bits per heavy atom. The number of ether oxygens (including phenoxy) is 1. The van der Waals surface area contributed by atoms with Crippen LogP contribution >= 0.6 is 0 Å². The van der Waals surface area contributed by atoms with Crippen molar-refractivity contribution in [3.05, 3.63) is 65.2 Å². The summed E-state index contributed by atoms with van der Waals surface area (Å²) in [7, 11) is 0. The van der Waals surface area contributed by atoms with E-state index in [1.54, 1.807) is 4.90 Å². The fraction of sp³-hybridized carbons (Fsp3) is 0.440. The Kier molecular flexibility index (Phi) is 8.90. The van der Waals surface area contributed by atoms with Crippen molar-refractivity contribution in [2.75, 3.05) is 13.2 Å². The van der Waals surface area contributed by atoms with Crippen LogP contribution in [0.5, 0.6) is 5.75 Å². The van der Waals surface area contributed by atoms with Crippen LogP contribution in [0, 0.1) is 19.8 Å². The SMILES string of the molecule is CCC(C(=O)NCC(C)C)N(Cc1ccc(C)cc1)C(=O)COc1cccc(C)c1. The van der Waals surface area contributed by atoms with Gasteiger partial charge in [0.2, 0.25) is 5.91 Å². The lowest BCUT2D eigenvalue weighted by Gasteiger charge is -2.31. The van der Waals surface area contributed by atoms with Gasteiger partial charge in [0, 0.05) is 13.1 Å². The summed E-state index contributed by atoms with van der Waals surface area (Å²) in [6.07, 6.45) is 0.534. The number of aryl methyl sites for hydroxylation is 2. The first kappa shape index (κ1) is 23.5. The number of hydrogen-bond acceptors (Lipinski definition) is 3. The molecule has 0 heterocycles. The van der Waals surface area contributed by atoms with E-state index < -0.39 is 6.04 Å². The quantitative estimate of drug-likeness (QED) is 0.637. The van der Waals surface area contributed by atoms with E-state index in [1.807, 2.05) is 83.1 Å². The predicted octanol–water partition coefficient (Wildman–Crippen LogP) is 4.26. The van der Waals surface area contributed by atoms with E-state index in [1.165, 1.54) is 0 Å². The number of nitrogens with zero attached hydrogens (tertiary/aromatic N) is 1. The third kappa shape index (κ3) is 7.21. The monoisotopic (exact) mass is 410 g/mol. The lowest BCUT2D eigenvalue weighted by Crippen LogP contribution is -2.50. The summed E-state index contributed by atoms with van der Waals surface area (Å²) in [6.45, 7) is 10.9. The van der Waals surface area contributed by atoms with E-state index in [9.17, 15) is 9.59 Å². The van der Waals surface area contributed by atoms with Crippen LogP contribution in [0.1, 0.15) is 43.9 Å². The lowest BCUT2D eigenvalue weighted by atomic mass is 10.1. The Balaban J connectivity index is 2.18. The van der Waals surface area contributed by atoms with Gasteiger partial charge in [0.05, 0.1) is 0 Å². The Bertz CT molecular complexity index is 831. The van der Waals surface area contributed by atoms with Crippen molar-refractivity contribution >= 4 is 11.8 Å². The average molecular weight is 411 g/mol. The van der Waals surface area contributed by atoms with Crippen LogP contribution in [0.2, 0.25) is 0 Å². The Hall–Kier alpha value is -2.82. The zero-order valence-corrected chi connectivity index (χ0v) is 18.8. The first-order valence-corrected chi connectivity index (χ1v) is 10.6. The summed E-state index contributed by atoms with van der Waals surface area (Å²) in [5.41, 5.74) is 3.21. The van der Waals surface area contributed by atoms with Crippen LogP contribution in [0.25, 0.3) is 0 Å². The molecule has 0 aromatic heterocycles. The van der Waals surface area contributed by atoms with Gasteiger partial charge in [0.25, 0.3) is 5.91 Å². The van der Waals surface area contributed by atoms with E-state index in [0.29, 0.717) is 31.2 Å². The number of benzene rings is 2. The second-order valence-electron chi connectivity index (χ2n) is 8.18. The first-order valence-electron chi connectivity index (χ1n) is 10.6. The fourth-order valence-electron chi connectivity index (χ4n) is 3.17. The van der Waals surface area contributed by atoms with E-state index in [4.69, 9.17) is 4.74 Å². The van der Waals surface area contributed by atoms with E-state index in [-0.39, 0.29) is 18.4 Å². The molecule has 0 spiro atoms. The summed E-state index contributed by atoms with van der Waals surface area (Å²) in [5.74, 6) is 0.666. The molecule has 0 aliphatic rings. The zero-order valence-electron chi connectivity index (χ0n) is 18.8. The van der Waals surface area contributed by atoms with Gasteiger partial charge >= 0.3 is 0 Å². The van der Waals surface area contributed by atoms with Gasteiger partial charge in [-0.1, -0.05) is 62.7 Å². The van der Waals surface area contributed by atoms with Crippen LogP contribution in [0.15, 0.2) is 48.5 Å². The topological polar surface area (TPSA) is 58.6 Å². The van der Waals surface area contributed by atoms with Crippen molar-refractivity contribution in [1.82, 2.24) is 10.2 Å². The maximum atomic E-state index is 13.1. The minimum absolute atomic E-state index is 0.108. The van der Waals surface area contributed by atoms with Crippen LogP contribution < -0.4 is 10.1 Å². The van der Waals surface area contributed by atoms with Gasteiger partial charge in [-0.2, -0.15) is 0 Å². The highest BCUT2D eigenvalue weighted by Gasteiger charge is 2.29. The summed E-state index contributed by atoms with van der Waals surface area (Å²) in [4.78, 5) is 27.6. The van der Waals surface area contributed by atoms with E-state index >= 15 is 0 Å².